The standard InChI is InChI=1S/C17H19NO5S/c1-12-7-8-16(22-2)14(9-12)11-23-17(19)13-5-4-6-15(10-13)18-24(3,20)21/h4-10,18H,11H2,1-3H3. The van der Waals surface area contributed by atoms with Crippen LogP contribution in [0.5, 0.6) is 5.75 Å². The van der Waals surface area contributed by atoms with E-state index < -0.39 is 16.0 Å². The minimum atomic E-state index is -3.41. The number of nitrogens with one attached hydrogen (secondary N) is 1. The average molecular weight is 349 g/mol. The maximum absolute atomic E-state index is 12.2. The minimum Gasteiger partial charge on any atom is -0.496 e. The molecule has 0 bridgehead atoms. The highest BCUT2D eigenvalue weighted by atomic mass is 32.2. The molecule has 7 heteroatoms. The summed E-state index contributed by atoms with van der Waals surface area (Å²) < 4.78 is 35.4. The number of esters is 1. The monoisotopic (exact) mass is 349 g/mol. The lowest BCUT2D eigenvalue weighted by Crippen LogP contribution is -2.11. The number of hydrogen-bond acceptors (Lipinski definition) is 5. The van der Waals surface area contributed by atoms with Crippen molar-refractivity contribution in [3.63, 3.8) is 0 Å². The number of benzene rings is 2. The molecule has 0 fully saturated rings. The van der Waals surface area contributed by atoms with E-state index in [-0.39, 0.29) is 12.2 Å². The molecule has 0 radical (unpaired) electrons. The van der Waals surface area contributed by atoms with Crippen molar-refractivity contribution in [1.82, 2.24) is 0 Å². The number of anilines is 1. The molecular weight excluding hydrogens is 330 g/mol. The lowest BCUT2D eigenvalue weighted by atomic mass is 10.1. The highest BCUT2D eigenvalue weighted by Crippen LogP contribution is 2.21. The third-order valence-corrected chi connectivity index (χ3v) is 3.80. The molecule has 2 aromatic carbocycles. The van der Waals surface area contributed by atoms with Crippen LogP contribution in [0, 0.1) is 6.92 Å². The molecule has 0 saturated carbocycles. The molecule has 24 heavy (non-hydrogen) atoms. The van der Waals surface area contributed by atoms with E-state index in [9.17, 15) is 13.2 Å². The molecule has 2 rings (SSSR count). The Bertz CT molecular complexity index is 846. The summed E-state index contributed by atoms with van der Waals surface area (Å²) in [6.07, 6.45) is 1.04. The summed E-state index contributed by atoms with van der Waals surface area (Å²) in [5.41, 5.74) is 2.35. The molecule has 0 unspecified atom stereocenters. The van der Waals surface area contributed by atoms with E-state index >= 15 is 0 Å². The van der Waals surface area contributed by atoms with Crippen molar-refractivity contribution in [1.29, 1.82) is 0 Å². The first-order chi connectivity index (χ1) is 11.3. The maximum Gasteiger partial charge on any atom is 0.338 e. The number of methoxy groups -OCH3 is 1. The highest BCUT2D eigenvalue weighted by Gasteiger charge is 2.11. The van der Waals surface area contributed by atoms with Crippen LogP contribution in [-0.2, 0) is 21.4 Å². The van der Waals surface area contributed by atoms with Gasteiger partial charge in [-0.1, -0.05) is 17.7 Å². The second kappa shape index (κ2) is 7.35. The molecule has 0 aliphatic rings. The van der Waals surface area contributed by atoms with Crippen LogP contribution in [0.2, 0.25) is 0 Å². The van der Waals surface area contributed by atoms with Crippen LogP contribution < -0.4 is 9.46 Å². The number of aryl methyl sites for hydroxylation is 1. The zero-order valence-electron chi connectivity index (χ0n) is 13.7. The van der Waals surface area contributed by atoms with Gasteiger partial charge in [-0.3, -0.25) is 4.72 Å². The smallest absolute Gasteiger partial charge is 0.338 e. The second-order valence-electron chi connectivity index (χ2n) is 5.35. The number of rotatable bonds is 6. The molecule has 0 aromatic heterocycles. The van der Waals surface area contributed by atoms with Crippen LogP contribution in [0.1, 0.15) is 21.5 Å². The largest absolute Gasteiger partial charge is 0.496 e. The lowest BCUT2D eigenvalue weighted by molar-refractivity contribution is 0.0470. The first kappa shape index (κ1) is 17.8. The number of carbonyl (C=O) groups is 1. The zero-order chi connectivity index (χ0) is 17.7. The average Bonchev–Trinajstić information content (AvgIpc) is 2.51. The van der Waals surface area contributed by atoms with E-state index in [0.717, 1.165) is 17.4 Å². The summed E-state index contributed by atoms with van der Waals surface area (Å²) in [6, 6.07) is 11.7. The van der Waals surface area contributed by atoms with Crippen molar-refractivity contribution < 1.29 is 22.7 Å². The molecule has 2 aromatic rings. The van der Waals surface area contributed by atoms with Gasteiger partial charge in [0.05, 0.1) is 18.9 Å². The van der Waals surface area contributed by atoms with Crippen LogP contribution in [0.15, 0.2) is 42.5 Å². The van der Waals surface area contributed by atoms with Gasteiger partial charge in [0, 0.05) is 11.3 Å². The fraction of sp³-hybridized carbons (Fsp3) is 0.235. The van der Waals surface area contributed by atoms with E-state index in [4.69, 9.17) is 9.47 Å². The quantitative estimate of drug-likeness (QED) is 0.811. The Hall–Kier alpha value is -2.54. The molecule has 0 atom stereocenters. The van der Waals surface area contributed by atoms with Gasteiger partial charge in [0.1, 0.15) is 12.4 Å². The van der Waals surface area contributed by atoms with Crippen molar-refractivity contribution in [2.24, 2.45) is 0 Å². The van der Waals surface area contributed by atoms with E-state index in [1.54, 1.807) is 25.3 Å². The SMILES string of the molecule is COc1ccc(C)cc1COC(=O)c1cccc(NS(C)(=O)=O)c1. The molecular formula is C17H19NO5S. The van der Waals surface area contributed by atoms with Gasteiger partial charge in [0.2, 0.25) is 10.0 Å². The Morgan fingerprint density at radius 1 is 1.17 bits per heavy atom. The van der Waals surface area contributed by atoms with Gasteiger partial charge < -0.3 is 9.47 Å². The lowest BCUT2D eigenvalue weighted by Gasteiger charge is -2.11. The minimum absolute atomic E-state index is 0.0629. The van der Waals surface area contributed by atoms with Gasteiger partial charge >= 0.3 is 5.97 Å². The van der Waals surface area contributed by atoms with Crippen LogP contribution >= 0.6 is 0 Å². The summed E-state index contributed by atoms with van der Waals surface area (Å²) in [6.45, 7) is 2.00. The number of sulfonamides is 1. The van der Waals surface area contributed by atoms with Crippen LogP contribution in [0.4, 0.5) is 5.69 Å². The molecule has 1 N–H and O–H groups in total. The Morgan fingerprint density at radius 3 is 2.58 bits per heavy atom. The number of ether oxygens (including phenoxy) is 2. The van der Waals surface area contributed by atoms with Crippen molar-refractivity contribution in [3.8, 4) is 5.75 Å². The van der Waals surface area contributed by atoms with Crippen molar-refractivity contribution in [2.75, 3.05) is 18.1 Å². The van der Waals surface area contributed by atoms with E-state index in [2.05, 4.69) is 4.72 Å². The third-order valence-electron chi connectivity index (χ3n) is 3.20. The summed E-state index contributed by atoms with van der Waals surface area (Å²) in [4.78, 5) is 12.2. The van der Waals surface area contributed by atoms with Gasteiger partial charge in [-0.2, -0.15) is 0 Å². The Balaban J connectivity index is 2.11. The molecule has 0 spiro atoms. The summed E-state index contributed by atoms with van der Waals surface area (Å²) in [5.74, 6) is 0.0941. The van der Waals surface area contributed by atoms with Crippen LogP contribution in [-0.4, -0.2) is 27.8 Å². The fourth-order valence-electron chi connectivity index (χ4n) is 2.17. The predicted molar refractivity (Wildman–Crippen MR) is 91.8 cm³/mol. The Labute approximate surface area is 141 Å². The summed E-state index contributed by atoms with van der Waals surface area (Å²) in [5, 5.41) is 0. The molecule has 128 valence electrons. The van der Waals surface area contributed by atoms with Crippen LogP contribution in [0.3, 0.4) is 0 Å². The topological polar surface area (TPSA) is 81.7 Å². The van der Waals surface area contributed by atoms with Gasteiger partial charge in [-0.25, -0.2) is 13.2 Å². The first-order valence-corrected chi connectivity index (χ1v) is 9.06. The molecule has 0 amide bonds. The normalized spacial score (nSPS) is 11.0. The van der Waals surface area contributed by atoms with Gasteiger partial charge in [-0.15, -0.1) is 0 Å². The predicted octanol–water partition coefficient (Wildman–Crippen LogP) is 2.73. The molecule has 6 nitrogen and oxygen atoms in total. The van der Waals surface area contributed by atoms with E-state index in [0.29, 0.717) is 11.4 Å². The first-order valence-electron chi connectivity index (χ1n) is 7.17. The molecule has 0 aliphatic heterocycles. The molecule has 0 heterocycles. The summed E-state index contributed by atoms with van der Waals surface area (Å²) in [7, 11) is -1.86. The van der Waals surface area contributed by atoms with Crippen molar-refractivity contribution >= 4 is 21.7 Å². The number of carbonyl (C=O) groups excluding carboxylic acids is 1. The Kier molecular flexibility index (Phi) is 5.46. The van der Waals surface area contributed by atoms with Gasteiger partial charge in [0.25, 0.3) is 0 Å². The van der Waals surface area contributed by atoms with Crippen molar-refractivity contribution in [2.45, 2.75) is 13.5 Å². The number of hydrogen-bond donors (Lipinski definition) is 1. The fourth-order valence-corrected chi connectivity index (χ4v) is 2.73. The maximum atomic E-state index is 12.2. The second-order valence-corrected chi connectivity index (χ2v) is 7.09. The molecule has 0 saturated heterocycles. The van der Waals surface area contributed by atoms with Crippen molar-refractivity contribution in [3.05, 3.63) is 59.2 Å². The van der Waals surface area contributed by atoms with E-state index in [1.807, 2.05) is 25.1 Å². The third kappa shape index (κ3) is 4.99. The summed E-state index contributed by atoms with van der Waals surface area (Å²) >= 11 is 0. The van der Waals surface area contributed by atoms with Gasteiger partial charge in [-0.05, 0) is 37.3 Å². The zero-order valence-corrected chi connectivity index (χ0v) is 14.5. The van der Waals surface area contributed by atoms with E-state index in [1.165, 1.54) is 6.07 Å². The highest BCUT2D eigenvalue weighted by molar-refractivity contribution is 7.92. The van der Waals surface area contributed by atoms with Gasteiger partial charge in [0.15, 0.2) is 0 Å². The molecule has 0 aliphatic carbocycles. The van der Waals surface area contributed by atoms with Crippen LogP contribution in [0.25, 0.3) is 0 Å². The Morgan fingerprint density at radius 2 is 1.92 bits per heavy atom.